The number of carbonyl (C=O) groups excluding carboxylic acids is 1. The molecule has 0 atom stereocenters. The number of carbonyl (C=O) groups is 1. The van der Waals surface area contributed by atoms with E-state index >= 15 is 0 Å². The lowest BCUT2D eigenvalue weighted by atomic mass is 10.6. The molecule has 0 aromatic carbocycles. The predicted octanol–water partition coefficient (Wildman–Crippen LogP) is 0.742. The third kappa shape index (κ3) is 4.02. The van der Waals surface area contributed by atoms with Crippen LogP contribution >= 0.6 is 24.2 Å². The van der Waals surface area contributed by atoms with Crippen LogP contribution in [0.1, 0.15) is 0 Å². The number of thiol groups is 1. The van der Waals surface area contributed by atoms with E-state index in [0.29, 0.717) is 0 Å². The quantitative estimate of drug-likeness (QED) is 0.420. The summed E-state index contributed by atoms with van der Waals surface area (Å²) in [5.74, 6) is -0.245. The number of likely N-dealkylation sites (N-methyl/N-ethyl adjacent to an activating group) is 1. The molecule has 0 aliphatic heterocycles. The fourth-order valence-corrected chi connectivity index (χ4v) is 0.397. The van der Waals surface area contributed by atoms with Gasteiger partial charge in [0.2, 0.25) is 5.91 Å². The van der Waals surface area contributed by atoms with Crippen molar-refractivity contribution >= 4 is 30.1 Å². The first-order chi connectivity index (χ1) is 3.66. The van der Waals surface area contributed by atoms with E-state index in [-0.39, 0.29) is 10.3 Å². The summed E-state index contributed by atoms with van der Waals surface area (Å²) in [6.45, 7) is 0. The summed E-state index contributed by atoms with van der Waals surface area (Å²) >= 11 is 8.87. The second kappa shape index (κ2) is 3.80. The average Bonchev–Trinajstić information content (AvgIpc) is 1.65. The molecule has 8 heavy (non-hydrogen) atoms. The van der Waals surface area contributed by atoms with E-state index in [2.05, 4.69) is 17.9 Å². The van der Waals surface area contributed by atoms with E-state index in [1.54, 1.807) is 0 Å². The van der Waals surface area contributed by atoms with Crippen molar-refractivity contribution in [3.8, 4) is 0 Å². The zero-order chi connectivity index (χ0) is 6.57. The molecular formula is C4H6ClNOS. The molecule has 0 heterocycles. The zero-order valence-electron chi connectivity index (χ0n) is 4.31. The van der Waals surface area contributed by atoms with E-state index in [9.17, 15) is 4.79 Å². The van der Waals surface area contributed by atoms with Gasteiger partial charge < -0.3 is 5.32 Å². The Hall–Kier alpha value is -0.150. The molecule has 0 radical (unpaired) electrons. The smallest absolute Gasteiger partial charge is 0.245 e. The van der Waals surface area contributed by atoms with Crippen molar-refractivity contribution in [3.63, 3.8) is 0 Å². The Morgan fingerprint density at radius 3 is 2.50 bits per heavy atom. The van der Waals surface area contributed by atoms with Gasteiger partial charge in [-0.2, -0.15) is 0 Å². The molecule has 1 amide bonds. The molecule has 46 valence electrons. The van der Waals surface area contributed by atoms with Crippen molar-refractivity contribution in [1.82, 2.24) is 5.32 Å². The Balaban J connectivity index is 3.70. The lowest BCUT2D eigenvalue weighted by molar-refractivity contribution is -0.116. The number of rotatable bonds is 1. The molecule has 0 aliphatic rings. The van der Waals surface area contributed by atoms with Gasteiger partial charge in [0, 0.05) is 13.1 Å². The minimum atomic E-state index is -0.245. The molecule has 0 aromatic heterocycles. The minimum absolute atomic E-state index is 0.185. The number of hydrogen-bond donors (Lipinski definition) is 2. The van der Waals surface area contributed by atoms with Crippen molar-refractivity contribution in [3.05, 3.63) is 10.4 Å². The molecule has 0 unspecified atom stereocenters. The van der Waals surface area contributed by atoms with Crippen LogP contribution in [0, 0.1) is 0 Å². The monoisotopic (exact) mass is 151 g/mol. The molecule has 0 bridgehead atoms. The molecule has 0 saturated heterocycles. The fourth-order valence-electron chi connectivity index (χ4n) is 0.180. The maximum atomic E-state index is 10.3. The van der Waals surface area contributed by atoms with Crippen LogP contribution < -0.4 is 5.32 Å². The van der Waals surface area contributed by atoms with Crippen molar-refractivity contribution < 1.29 is 4.79 Å². The van der Waals surface area contributed by atoms with Crippen LogP contribution in [0.5, 0.6) is 0 Å². The Morgan fingerprint density at radius 2 is 2.38 bits per heavy atom. The summed E-state index contributed by atoms with van der Waals surface area (Å²) < 4.78 is 0.185. The number of amides is 1. The summed E-state index contributed by atoms with van der Waals surface area (Å²) in [6.07, 6.45) is 1.19. The number of nitrogens with one attached hydrogen (secondary N) is 1. The first-order valence-corrected chi connectivity index (χ1v) is 2.77. The maximum Gasteiger partial charge on any atom is 0.245 e. The first-order valence-electron chi connectivity index (χ1n) is 1.94. The van der Waals surface area contributed by atoms with Gasteiger partial charge in [0.15, 0.2) is 0 Å². The van der Waals surface area contributed by atoms with Crippen molar-refractivity contribution in [2.24, 2.45) is 0 Å². The molecule has 0 aliphatic carbocycles. The van der Waals surface area contributed by atoms with E-state index in [4.69, 9.17) is 11.6 Å². The second-order valence-electron chi connectivity index (χ2n) is 1.08. The highest BCUT2D eigenvalue weighted by atomic mass is 35.5. The highest BCUT2D eigenvalue weighted by Crippen LogP contribution is 2.03. The van der Waals surface area contributed by atoms with E-state index < -0.39 is 0 Å². The summed E-state index contributed by atoms with van der Waals surface area (Å²) in [5, 5.41) is 2.35. The molecule has 0 fully saturated rings. The molecular weight excluding hydrogens is 146 g/mol. The first kappa shape index (κ1) is 7.85. The third-order valence-electron chi connectivity index (χ3n) is 0.497. The minimum Gasteiger partial charge on any atom is -0.356 e. The molecule has 1 N–H and O–H groups in total. The number of hydrogen-bond acceptors (Lipinski definition) is 2. The lowest BCUT2D eigenvalue weighted by Gasteiger charge is -1.87. The molecule has 0 saturated carbocycles. The van der Waals surface area contributed by atoms with Crippen molar-refractivity contribution in [2.45, 2.75) is 0 Å². The molecule has 2 nitrogen and oxygen atoms in total. The highest BCUT2D eigenvalue weighted by molar-refractivity contribution is 7.86. The standard InChI is InChI=1S/C4H6ClNOS/c1-6-4(7)2-3(5)8/h2,8H,1H3,(H,6,7)/b3-2-. The largest absolute Gasteiger partial charge is 0.356 e. The van der Waals surface area contributed by atoms with Crippen molar-refractivity contribution in [1.29, 1.82) is 0 Å². The summed E-state index contributed by atoms with van der Waals surface area (Å²) in [6, 6.07) is 0. The van der Waals surface area contributed by atoms with Gasteiger partial charge in [-0.15, -0.1) is 12.6 Å². The highest BCUT2D eigenvalue weighted by Gasteiger charge is 1.88. The third-order valence-corrected chi connectivity index (χ3v) is 0.735. The van der Waals surface area contributed by atoms with Gasteiger partial charge in [0.05, 0.1) is 4.36 Å². The van der Waals surface area contributed by atoms with E-state index in [0.717, 1.165) is 0 Å². The Morgan fingerprint density at radius 1 is 1.88 bits per heavy atom. The Labute approximate surface area is 58.3 Å². The van der Waals surface area contributed by atoms with Gasteiger partial charge >= 0.3 is 0 Å². The van der Waals surface area contributed by atoms with Gasteiger partial charge in [0.1, 0.15) is 0 Å². The summed E-state index contributed by atoms with van der Waals surface area (Å²) in [7, 11) is 1.52. The predicted molar refractivity (Wildman–Crippen MR) is 37.0 cm³/mol. The van der Waals surface area contributed by atoms with Gasteiger partial charge in [-0.1, -0.05) is 11.6 Å². The molecule has 0 rings (SSSR count). The summed E-state index contributed by atoms with van der Waals surface area (Å²) in [5.41, 5.74) is 0. The van der Waals surface area contributed by atoms with Gasteiger partial charge in [-0.25, -0.2) is 0 Å². The van der Waals surface area contributed by atoms with E-state index in [1.807, 2.05) is 0 Å². The molecule has 0 spiro atoms. The molecule has 0 aromatic rings. The Kier molecular flexibility index (Phi) is 3.73. The normalized spacial score (nSPS) is 11.1. The van der Waals surface area contributed by atoms with Crippen LogP contribution in [0.2, 0.25) is 0 Å². The lowest BCUT2D eigenvalue weighted by Crippen LogP contribution is -2.14. The zero-order valence-corrected chi connectivity index (χ0v) is 5.96. The average molecular weight is 152 g/mol. The van der Waals surface area contributed by atoms with Crippen LogP contribution in [0.25, 0.3) is 0 Å². The Bertz CT molecular complexity index is 119. The van der Waals surface area contributed by atoms with Crippen LogP contribution in [-0.4, -0.2) is 13.0 Å². The van der Waals surface area contributed by atoms with Crippen LogP contribution in [0.15, 0.2) is 10.4 Å². The van der Waals surface area contributed by atoms with Crippen LogP contribution in [-0.2, 0) is 4.79 Å². The fraction of sp³-hybridized carbons (Fsp3) is 0.250. The van der Waals surface area contributed by atoms with Crippen LogP contribution in [0.4, 0.5) is 0 Å². The second-order valence-corrected chi connectivity index (χ2v) is 2.23. The van der Waals surface area contributed by atoms with Gasteiger partial charge in [-0.05, 0) is 0 Å². The van der Waals surface area contributed by atoms with Crippen molar-refractivity contribution in [2.75, 3.05) is 7.05 Å². The summed E-state index contributed by atoms with van der Waals surface area (Å²) in [4.78, 5) is 10.3. The maximum absolute atomic E-state index is 10.3. The van der Waals surface area contributed by atoms with Crippen LogP contribution in [0.3, 0.4) is 0 Å². The topological polar surface area (TPSA) is 29.1 Å². The van der Waals surface area contributed by atoms with Gasteiger partial charge in [0.25, 0.3) is 0 Å². The number of halogens is 1. The van der Waals surface area contributed by atoms with E-state index in [1.165, 1.54) is 13.1 Å². The SMILES string of the molecule is CNC(=O)/C=C(\S)Cl. The van der Waals surface area contributed by atoms with Gasteiger partial charge in [-0.3, -0.25) is 4.79 Å². The molecule has 4 heteroatoms.